The van der Waals surface area contributed by atoms with Gasteiger partial charge in [0, 0.05) is 11.1 Å². The third-order valence-electron chi connectivity index (χ3n) is 2.95. The summed E-state index contributed by atoms with van der Waals surface area (Å²) in [5.74, 6) is 1.32. The Morgan fingerprint density at radius 1 is 1.41 bits per heavy atom. The van der Waals surface area contributed by atoms with Gasteiger partial charge in [-0.15, -0.1) is 0 Å². The highest BCUT2D eigenvalue weighted by molar-refractivity contribution is 6.31. The fourth-order valence-electron chi connectivity index (χ4n) is 1.72. The molecule has 0 aliphatic heterocycles. The van der Waals surface area contributed by atoms with Crippen LogP contribution in [-0.4, -0.2) is 13.2 Å². The summed E-state index contributed by atoms with van der Waals surface area (Å²) in [5.41, 5.74) is 0.782. The van der Waals surface area contributed by atoms with E-state index < -0.39 is 0 Å². The predicted molar refractivity (Wildman–Crippen MR) is 65.6 cm³/mol. The lowest BCUT2D eigenvalue weighted by atomic mass is 9.96. The van der Waals surface area contributed by atoms with Gasteiger partial charge in [0.2, 0.25) is 0 Å². The van der Waals surface area contributed by atoms with Crippen LogP contribution in [0.2, 0.25) is 5.02 Å². The molecule has 0 aromatic heterocycles. The Bertz CT molecular complexity index is 449. The van der Waals surface area contributed by atoms with Crippen molar-refractivity contribution in [1.29, 1.82) is 5.26 Å². The van der Waals surface area contributed by atoms with E-state index in [1.807, 2.05) is 6.07 Å². The molecule has 1 aliphatic rings. The molecule has 0 bridgehead atoms. The van der Waals surface area contributed by atoms with Crippen molar-refractivity contribution >= 4 is 11.6 Å². The second-order valence-corrected chi connectivity index (χ2v) is 4.51. The lowest BCUT2D eigenvalue weighted by Crippen LogP contribution is -2.24. The fraction of sp³-hybridized carbons (Fsp3) is 0.462. The van der Waals surface area contributed by atoms with Gasteiger partial charge in [0.15, 0.2) is 11.5 Å². The molecule has 1 saturated carbocycles. The molecule has 17 heavy (non-hydrogen) atoms. The van der Waals surface area contributed by atoms with Crippen molar-refractivity contribution < 1.29 is 9.47 Å². The van der Waals surface area contributed by atoms with E-state index in [0.29, 0.717) is 16.5 Å². The Balaban J connectivity index is 2.26. The van der Waals surface area contributed by atoms with Gasteiger partial charge in [-0.1, -0.05) is 11.6 Å². The van der Waals surface area contributed by atoms with Gasteiger partial charge in [-0.3, -0.25) is 0 Å². The number of nitriles is 1. The first-order valence-corrected chi connectivity index (χ1v) is 6.02. The minimum absolute atomic E-state index is 0.278. The monoisotopic (exact) mass is 251 g/mol. The lowest BCUT2D eigenvalue weighted by Gasteiger charge is -2.27. The quantitative estimate of drug-likeness (QED) is 0.824. The van der Waals surface area contributed by atoms with E-state index in [9.17, 15) is 0 Å². The topological polar surface area (TPSA) is 42.2 Å². The molecule has 0 N–H and O–H groups in total. The van der Waals surface area contributed by atoms with Crippen molar-refractivity contribution in [2.24, 2.45) is 0 Å². The highest BCUT2D eigenvalue weighted by Crippen LogP contribution is 2.36. The van der Waals surface area contributed by atoms with Crippen molar-refractivity contribution in [3.8, 4) is 17.6 Å². The third-order valence-corrected chi connectivity index (χ3v) is 3.30. The molecule has 0 unspecified atom stereocenters. The molecule has 0 spiro atoms. The summed E-state index contributed by atoms with van der Waals surface area (Å²) in [5, 5.41) is 9.27. The molecule has 2 rings (SSSR count). The molecule has 1 aliphatic carbocycles. The Hall–Kier alpha value is -1.40. The van der Waals surface area contributed by atoms with E-state index in [1.54, 1.807) is 13.2 Å². The van der Waals surface area contributed by atoms with Crippen LogP contribution in [0.25, 0.3) is 0 Å². The smallest absolute Gasteiger partial charge is 0.162 e. The van der Waals surface area contributed by atoms with Crippen molar-refractivity contribution in [2.45, 2.75) is 31.8 Å². The van der Waals surface area contributed by atoms with E-state index in [1.165, 1.54) is 6.42 Å². The average molecular weight is 252 g/mol. The molecule has 90 valence electrons. The van der Waals surface area contributed by atoms with Gasteiger partial charge in [-0.05, 0) is 30.9 Å². The van der Waals surface area contributed by atoms with Gasteiger partial charge in [0.25, 0.3) is 0 Å². The molecule has 1 fully saturated rings. The van der Waals surface area contributed by atoms with Crippen molar-refractivity contribution in [3.05, 3.63) is 22.7 Å². The van der Waals surface area contributed by atoms with Crippen LogP contribution in [0.5, 0.6) is 11.5 Å². The number of halogens is 1. The number of hydrogen-bond acceptors (Lipinski definition) is 3. The van der Waals surface area contributed by atoms with E-state index in [2.05, 4.69) is 6.07 Å². The second kappa shape index (κ2) is 5.29. The van der Waals surface area contributed by atoms with Crippen LogP contribution >= 0.6 is 11.6 Å². The van der Waals surface area contributed by atoms with Crippen LogP contribution in [0.1, 0.15) is 24.8 Å². The third kappa shape index (κ3) is 2.65. The van der Waals surface area contributed by atoms with Crippen LogP contribution in [0, 0.1) is 11.3 Å². The molecule has 4 heteroatoms. The predicted octanol–water partition coefficient (Wildman–Crippen LogP) is 3.35. The summed E-state index contributed by atoms with van der Waals surface area (Å²) >= 11 is 6.06. The Labute approximate surface area is 106 Å². The molecule has 1 aromatic rings. The first kappa shape index (κ1) is 12.1. The molecule has 0 radical (unpaired) electrons. The fourth-order valence-corrected chi connectivity index (χ4v) is 1.94. The van der Waals surface area contributed by atoms with Crippen LogP contribution in [0.15, 0.2) is 12.1 Å². The largest absolute Gasteiger partial charge is 0.493 e. The van der Waals surface area contributed by atoms with Crippen LogP contribution in [-0.2, 0) is 6.42 Å². The van der Waals surface area contributed by atoms with Crippen LogP contribution < -0.4 is 9.47 Å². The minimum Gasteiger partial charge on any atom is -0.493 e. The summed E-state index contributed by atoms with van der Waals surface area (Å²) in [6, 6.07) is 5.61. The van der Waals surface area contributed by atoms with Crippen LogP contribution in [0.4, 0.5) is 0 Å². The summed E-state index contributed by atoms with van der Waals surface area (Å²) in [7, 11) is 1.59. The molecule has 0 saturated heterocycles. The molecule has 1 aromatic carbocycles. The van der Waals surface area contributed by atoms with Gasteiger partial charge >= 0.3 is 0 Å². The lowest BCUT2D eigenvalue weighted by molar-refractivity contribution is 0.116. The van der Waals surface area contributed by atoms with E-state index in [0.717, 1.165) is 18.4 Å². The van der Waals surface area contributed by atoms with Crippen molar-refractivity contribution in [2.75, 3.05) is 7.11 Å². The molecule has 0 heterocycles. The van der Waals surface area contributed by atoms with Gasteiger partial charge in [-0.2, -0.15) is 5.26 Å². The first-order valence-electron chi connectivity index (χ1n) is 5.64. The second-order valence-electron chi connectivity index (χ2n) is 4.10. The maximum Gasteiger partial charge on any atom is 0.162 e. The molecular weight excluding hydrogens is 238 g/mol. The molecule has 0 atom stereocenters. The van der Waals surface area contributed by atoms with Crippen molar-refractivity contribution in [3.63, 3.8) is 0 Å². The average Bonchev–Trinajstić information content (AvgIpc) is 2.27. The zero-order chi connectivity index (χ0) is 12.3. The van der Waals surface area contributed by atoms with E-state index >= 15 is 0 Å². The molecule has 0 amide bonds. The Morgan fingerprint density at radius 2 is 2.18 bits per heavy atom. The normalized spacial score (nSPS) is 14.9. The van der Waals surface area contributed by atoms with Gasteiger partial charge in [0.1, 0.15) is 0 Å². The molecular formula is C13H14ClNO2. The van der Waals surface area contributed by atoms with Crippen molar-refractivity contribution in [1.82, 2.24) is 0 Å². The van der Waals surface area contributed by atoms with Gasteiger partial charge in [-0.25, -0.2) is 0 Å². The number of nitrogens with zero attached hydrogens (tertiary/aromatic N) is 1. The zero-order valence-corrected chi connectivity index (χ0v) is 10.5. The number of rotatable bonds is 4. The summed E-state index contributed by atoms with van der Waals surface area (Å²) in [4.78, 5) is 0. The number of benzene rings is 1. The Kier molecular flexibility index (Phi) is 3.75. The highest BCUT2D eigenvalue weighted by atomic mass is 35.5. The number of hydrogen-bond donors (Lipinski definition) is 0. The zero-order valence-electron chi connectivity index (χ0n) is 9.70. The standard InChI is InChI=1S/C13H14ClNO2/c1-16-12-8-11(14)9(5-6-15)7-13(12)17-10-3-2-4-10/h7-8,10H,2-5H2,1H3. The summed E-state index contributed by atoms with van der Waals surface area (Å²) in [6.07, 6.45) is 3.94. The number of ether oxygens (including phenoxy) is 2. The minimum atomic E-state index is 0.278. The maximum atomic E-state index is 8.72. The van der Waals surface area contributed by atoms with E-state index in [4.69, 9.17) is 26.3 Å². The maximum absolute atomic E-state index is 8.72. The highest BCUT2D eigenvalue weighted by Gasteiger charge is 2.21. The number of methoxy groups -OCH3 is 1. The van der Waals surface area contributed by atoms with Gasteiger partial charge in [0.05, 0.1) is 25.7 Å². The summed E-state index contributed by atoms with van der Waals surface area (Å²) in [6.45, 7) is 0. The first-order chi connectivity index (χ1) is 8.24. The van der Waals surface area contributed by atoms with Gasteiger partial charge < -0.3 is 9.47 Å². The molecule has 3 nitrogen and oxygen atoms in total. The van der Waals surface area contributed by atoms with E-state index in [-0.39, 0.29) is 12.5 Å². The van der Waals surface area contributed by atoms with Crippen LogP contribution in [0.3, 0.4) is 0 Å². The Morgan fingerprint density at radius 3 is 2.71 bits per heavy atom. The SMILES string of the molecule is COc1cc(Cl)c(CC#N)cc1OC1CCC1. The summed E-state index contributed by atoms with van der Waals surface area (Å²) < 4.78 is 11.1.